The Hall–Kier alpha value is -1.84. The molecule has 0 saturated carbocycles. The number of carboxylic acids is 1. The van der Waals surface area contributed by atoms with E-state index in [0.29, 0.717) is 11.5 Å². The summed E-state index contributed by atoms with van der Waals surface area (Å²) in [7, 11) is 0. The first-order valence-electron chi connectivity index (χ1n) is 6.75. The number of rotatable bonds is 5. The molecule has 0 radical (unpaired) electrons. The van der Waals surface area contributed by atoms with E-state index in [9.17, 15) is 4.79 Å². The number of fused-ring (bicyclic) bond motifs is 1. The van der Waals surface area contributed by atoms with Crippen LogP contribution in [-0.4, -0.2) is 20.6 Å². The summed E-state index contributed by atoms with van der Waals surface area (Å²) in [5.74, 6) is 0.750. The van der Waals surface area contributed by atoms with E-state index in [1.54, 1.807) is 18.2 Å². The molecular formula is C15H20N2O2. The standard InChI is InChI=1S/C15H20N2O2/c1-4-14-16-12-6-5-11(15(18)19)9-13(12)17(14)8-7-10(2)3/h5-6,9-10H,4,7-8H2,1-3H3,(H,18,19). The molecule has 102 valence electrons. The minimum atomic E-state index is -0.892. The van der Waals surface area contributed by atoms with Crippen molar-refractivity contribution in [3.8, 4) is 0 Å². The Morgan fingerprint density at radius 1 is 1.42 bits per heavy atom. The second-order valence-corrected chi connectivity index (χ2v) is 5.22. The van der Waals surface area contributed by atoms with Gasteiger partial charge in [0.1, 0.15) is 5.82 Å². The molecule has 0 amide bonds. The fourth-order valence-corrected chi connectivity index (χ4v) is 2.21. The fraction of sp³-hybridized carbons (Fsp3) is 0.467. The van der Waals surface area contributed by atoms with Gasteiger partial charge in [-0.15, -0.1) is 0 Å². The van der Waals surface area contributed by atoms with Crippen LogP contribution < -0.4 is 0 Å². The van der Waals surface area contributed by atoms with Crippen LogP contribution in [-0.2, 0) is 13.0 Å². The second kappa shape index (κ2) is 5.43. The Labute approximate surface area is 113 Å². The molecule has 1 aromatic carbocycles. The number of nitrogens with zero attached hydrogens (tertiary/aromatic N) is 2. The van der Waals surface area contributed by atoms with Crippen LogP contribution in [0, 0.1) is 5.92 Å². The lowest BCUT2D eigenvalue weighted by molar-refractivity contribution is 0.0697. The van der Waals surface area contributed by atoms with E-state index in [2.05, 4.69) is 30.3 Å². The van der Waals surface area contributed by atoms with Gasteiger partial charge in [0.25, 0.3) is 0 Å². The third kappa shape index (κ3) is 2.78. The first-order chi connectivity index (χ1) is 9.02. The predicted octanol–water partition coefficient (Wildman–Crippen LogP) is 3.34. The zero-order chi connectivity index (χ0) is 14.0. The van der Waals surface area contributed by atoms with Gasteiger partial charge >= 0.3 is 5.97 Å². The molecular weight excluding hydrogens is 240 g/mol. The maximum Gasteiger partial charge on any atom is 0.335 e. The highest BCUT2D eigenvalue weighted by atomic mass is 16.4. The van der Waals surface area contributed by atoms with Gasteiger partial charge in [0, 0.05) is 13.0 Å². The van der Waals surface area contributed by atoms with Crippen molar-refractivity contribution in [1.82, 2.24) is 9.55 Å². The van der Waals surface area contributed by atoms with E-state index in [4.69, 9.17) is 5.11 Å². The normalized spacial score (nSPS) is 11.4. The Balaban J connectivity index is 2.50. The van der Waals surface area contributed by atoms with Crippen LogP contribution in [0.3, 0.4) is 0 Å². The monoisotopic (exact) mass is 260 g/mol. The Kier molecular flexibility index (Phi) is 3.88. The lowest BCUT2D eigenvalue weighted by atomic mass is 10.1. The number of aromatic nitrogens is 2. The summed E-state index contributed by atoms with van der Waals surface area (Å²) in [5, 5.41) is 9.09. The number of imidazole rings is 1. The predicted molar refractivity (Wildman–Crippen MR) is 75.5 cm³/mol. The van der Waals surface area contributed by atoms with Crippen LogP contribution in [0.5, 0.6) is 0 Å². The Morgan fingerprint density at radius 3 is 2.74 bits per heavy atom. The molecule has 0 aliphatic carbocycles. The highest BCUT2D eigenvalue weighted by molar-refractivity contribution is 5.92. The number of carboxylic acid groups (broad SMARTS) is 1. The largest absolute Gasteiger partial charge is 0.478 e. The van der Waals surface area contributed by atoms with Crippen molar-refractivity contribution in [1.29, 1.82) is 0 Å². The summed E-state index contributed by atoms with van der Waals surface area (Å²) in [6.45, 7) is 7.34. The maximum atomic E-state index is 11.1. The number of carbonyl (C=O) groups is 1. The molecule has 2 rings (SSSR count). The molecule has 19 heavy (non-hydrogen) atoms. The van der Waals surface area contributed by atoms with Gasteiger partial charge in [0.2, 0.25) is 0 Å². The zero-order valence-electron chi connectivity index (χ0n) is 11.7. The van der Waals surface area contributed by atoms with Crippen molar-refractivity contribution in [2.45, 2.75) is 40.2 Å². The molecule has 2 aromatic rings. The lowest BCUT2D eigenvalue weighted by Crippen LogP contribution is -2.06. The van der Waals surface area contributed by atoms with Gasteiger partial charge in [-0.1, -0.05) is 20.8 Å². The third-order valence-corrected chi connectivity index (χ3v) is 3.32. The summed E-state index contributed by atoms with van der Waals surface area (Å²) >= 11 is 0. The first-order valence-corrected chi connectivity index (χ1v) is 6.75. The highest BCUT2D eigenvalue weighted by Gasteiger charge is 2.12. The molecule has 0 bridgehead atoms. The van der Waals surface area contributed by atoms with Crippen LogP contribution >= 0.6 is 0 Å². The van der Waals surface area contributed by atoms with E-state index in [0.717, 1.165) is 36.2 Å². The van der Waals surface area contributed by atoms with Crippen molar-refractivity contribution in [2.75, 3.05) is 0 Å². The molecule has 0 spiro atoms. The SMILES string of the molecule is CCc1nc2ccc(C(=O)O)cc2n1CCC(C)C. The second-order valence-electron chi connectivity index (χ2n) is 5.22. The number of aryl methyl sites for hydroxylation is 2. The molecule has 0 aliphatic heterocycles. The molecule has 0 atom stereocenters. The average Bonchev–Trinajstić information content (AvgIpc) is 2.72. The zero-order valence-corrected chi connectivity index (χ0v) is 11.7. The van der Waals surface area contributed by atoms with Gasteiger partial charge in [0.15, 0.2) is 0 Å². The average molecular weight is 260 g/mol. The van der Waals surface area contributed by atoms with E-state index in [-0.39, 0.29) is 0 Å². The molecule has 4 heteroatoms. The minimum absolute atomic E-state index is 0.320. The summed E-state index contributed by atoms with van der Waals surface area (Å²) in [6, 6.07) is 5.14. The Bertz CT molecular complexity index is 599. The first kappa shape index (κ1) is 13.6. The van der Waals surface area contributed by atoms with Crippen molar-refractivity contribution in [3.63, 3.8) is 0 Å². The van der Waals surface area contributed by atoms with Crippen molar-refractivity contribution < 1.29 is 9.90 Å². The highest BCUT2D eigenvalue weighted by Crippen LogP contribution is 2.20. The molecule has 1 aromatic heterocycles. The van der Waals surface area contributed by atoms with E-state index in [1.165, 1.54) is 0 Å². The van der Waals surface area contributed by atoms with E-state index in [1.807, 2.05) is 0 Å². The number of benzene rings is 1. The molecule has 1 N–H and O–H groups in total. The van der Waals surface area contributed by atoms with Gasteiger partial charge < -0.3 is 9.67 Å². The topological polar surface area (TPSA) is 55.1 Å². The van der Waals surface area contributed by atoms with Crippen molar-refractivity contribution >= 4 is 17.0 Å². The third-order valence-electron chi connectivity index (χ3n) is 3.32. The van der Waals surface area contributed by atoms with Crippen molar-refractivity contribution in [3.05, 3.63) is 29.6 Å². The maximum absolute atomic E-state index is 11.1. The van der Waals surface area contributed by atoms with E-state index < -0.39 is 5.97 Å². The summed E-state index contributed by atoms with van der Waals surface area (Å²) in [5.41, 5.74) is 2.13. The van der Waals surface area contributed by atoms with Crippen LogP contribution in [0.25, 0.3) is 11.0 Å². The minimum Gasteiger partial charge on any atom is -0.478 e. The summed E-state index contributed by atoms with van der Waals surface area (Å²) in [4.78, 5) is 15.6. The fourth-order valence-electron chi connectivity index (χ4n) is 2.21. The van der Waals surface area contributed by atoms with Crippen LogP contribution in [0.2, 0.25) is 0 Å². The smallest absolute Gasteiger partial charge is 0.335 e. The number of hydrogen-bond acceptors (Lipinski definition) is 2. The van der Waals surface area contributed by atoms with Crippen LogP contribution in [0.4, 0.5) is 0 Å². The van der Waals surface area contributed by atoms with Gasteiger partial charge in [0.05, 0.1) is 16.6 Å². The molecule has 1 heterocycles. The van der Waals surface area contributed by atoms with Gasteiger partial charge in [-0.25, -0.2) is 9.78 Å². The summed E-state index contributed by atoms with van der Waals surface area (Å²) < 4.78 is 2.15. The van der Waals surface area contributed by atoms with Crippen LogP contribution in [0.1, 0.15) is 43.4 Å². The molecule has 0 unspecified atom stereocenters. The molecule has 4 nitrogen and oxygen atoms in total. The van der Waals surface area contributed by atoms with Gasteiger partial charge in [-0.05, 0) is 30.5 Å². The number of aromatic carboxylic acids is 1. The quantitative estimate of drug-likeness (QED) is 0.897. The molecule has 0 fully saturated rings. The summed E-state index contributed by atoms with van der Waals surface area (Å²) in [6.07, 6.45) is 1.92. The molecule has 0 aliphatic rings. The van der Waals surface area contributed by atoms with E-state index >= 15 is 0 Å². The molecule has 0 saturated heterocycles. The Morgan fingerprint density at radius 2 is 2.16 bits per heavy atom. The van der Waals surface area contributed by atoms with Gasteiger partial charge in [-0.2, -0.15) is 0 Å². The number of hydrogen-bond donors (Lipinski definition) is 1. The van der Waals surface area contributed by atoms with Gasteiger partial charge in [-0.3, -0.25) is 0 Å². The van der Waals surface area contributed by atoms with Crippen molar-refractivity contribution in [2.24, 2.45) is 5.92 Å². The van der Waals surface area contributed by atoms with Crippen LogP contribution in [0.15, 0.2) is 18.2 Å². The lowest BCUT2D eigenvalue weighted by Gasteiger charge is -2.10.